The summed E-state index contributed by atoms with van der Waals surface area (Å²) in [5, 5.41) is 2.98. The normalized spacial score (nSPS) is 11.6. The lowest BCUT2D eigenvalue weighted by Crippen LogP contribution is -2.15. The maximum atomic E-state index is 14.3. The zero-order chi connectivity index (χ0) is 17.2. The van der Waals surface area contributed by atoms with E-state index < -0.39 is 15.8 Å². The van der Waals surface area contributed by atoms with Crippen LogP contribution in [-0.2, 0) is 16.6 Å². The van der Waals surface area contributed by atoms with Gasteiger partial charge in [-0.3, -0.25) is 4.98 Å². The molecule has 24 heavy (non-hydrogen) atoms. The summed E-state index contributed by atoms with van der Waals surface area (Å²) in [5.41, 5.74) is 1.24. The van der Waals surface area contributed by atoms with Crippen LogP contribution >= 0.6 is 0 Å². The molecule has 7 heteroatoms. The minimum absolute atomic E-state index is 0.0502. The van der Waals surface area contributed by atoms with Gasteiger partial charge in [0.2, 0.25) is 0 Å². The van der Waals surface area contributed by atoms with Gasteiger partial charge in [-0.2, -0.15) is 0 Å². The molecule has 0 saturated heterocycles. The van der Waals surface area contributed by atoms with Gasteiger partial charge in [0.25, 0.3) is 10.0 Å². The van der Waals surface area contributed by atoms with E-state index in [2.05, 4.69) is 10.3 Å². The van der Waals surface area contributed by atoms with Crippen molar-refractivity contribution in [2.24, 2.45) is 0 Å². The van der Waals surface area contributed by atoms with Gasteiger partial charge in [0.1, 0.15) is 10.7 Å². The van der Waals surface area contributed by atoms with E-state index in [1.54, 1.807) is 37.4 Å². The molecule has 124 valence electrons. The second-order valence-corrected chi connectivity index (χ2v) is 7.00. The molecule has 0 aliphatic carbocycles. The third kappa shape index (κ3) is 2.83. The van der Waals surface area contributed by atoms with Gasteiger partial charge in [0.05, 0.1) is 5.69 Å². The van der Waals surface area contributed by atoms with Crippen molar-refractivity contribution in [2.45, 2.75) is 11.4 Å². The molecule has 0 radical (unpaired) electrons. The van der Waals surface area contributed by atoms with E-state index in [0.717, 1.165) is 3.97 Å². The van der Waals surface area contributed by atoms with Crippen LogP contribution in [0.5, 0.6) is 0 Å². The lowest BCUT2D eigenvalue weighted by atomic mass is 10.1. The molecule has 0 fully saturated rings. The highest BCUT2D eigenvalue weighted by molar-refractivity contribution is 7.90. The van der Waals surface area contributed by atoms with E-state index in [1.807, 2.05) is 0 Å². The number of pyridine rings is 1. The van der Waals surface area contributed by atoms with E-state index in [1.165, 1.54) is 30.7 Å². The maximum Gasteiger partial charge on any atom is 0.269 e. The highest BCUT2D eigenvalue weighted by atomic mass is 32.2. The summed E-state index contributed by atoms with van der Waals surface area (Å²) in [6, 6.07) is 10.8. The smallest absolute Gasteiger partial charge is 0.269 e. The second-order valence-electron chi connectivity index (χ2n) is 5.19. The minimum Gasteiger partial charge on any atom is -0.316 e. The van der Waals surface area contributed by atoms with Crippen LogP contribution in [0, 0.1) is 5.82 Å². The van der Waals surface area contributed by atoms with Crippen molar-refractivity contribution in [1.82, 2.24) is 14.3 Å². The fourth-order valence-electron chi connectivity index (χ4n) is 2.54. The van der Waals surface area contributed by atoms with Crippen molar-refractivity contribution in [1.29, 1.82) is 0 Å². The van der Waals surface area contributed by atoms with E-state index >= 15 is 0 Å². The lowest BCUT2D eigenvalue weighted by Gasteiger charge is -2.13. The van der Waals surface area contributed by atoms with Crippen LogP contribution in [0.15, 0.2) is 66.0 Å². The first-order chi connectivity index (χ1) is 11.6. The standard InChI is InChI=1S/C17H16FN3O2S/c1-19-11-13-8-10-21(17(13)15-6-2-3-7-16(15)18)24(22,23)14-5-4-9-20-12-14/h2-10,12,19H,11H2,1H3. The number of nitrogens with one attached hydrogen (secondary N) is 1. The van der Waals surface area contributed by atoms with Crippen molar-refractivity contribution < 1.29 is 12.8 Å². The van der Waals surface area contributed by atoms with E-state index in [9.17, 15) is 12.8 Å². The summed E-state index contributed by atoms with van der Waals surface area (Å²) in [6.45, 7) is 0.416. The third-order valence-corrected chi connectivity index (χ3v) is 5.28. The fraction of sp³-hybridized carbons (Fsp3) is 0.118. The SMILES string of the molecule is CNCc1ccn(S(=O)(=O)c2cccnc2)c1-c1ccccc1F. The molecule has 0 unspecified atom stereocenters. The molecule has 0 atom stereocenters. The molecular formula is C17H16FN3O2S. The Morgan fingerprint density at radius 1 is 1.17 bits per heavy atom. The first-order valence-electron chi connectivity index (χ1n) is 7.31. The Bertz CT molecular complexity index is 953. The van der Waals surface area contributed by atoms with Gasteiger partial charge in [0.15, 0.2) is 0 Å². The monoisotopic (exact) mass is 345 g/mol. The predicted molar refractivity (Wildman–Crippen MR) is 89.4 cm³/mol. The Morgan fingerprint density at radius 3 is 2.62 bits per heavy atom. The first kappa shape index (κ1) is 16.4. The highest BCUT2D eigenvalue weighted by Crippen LogP contribution is 2.30. The molecule has 3 aromatic rings. The molecule has 1 N–H and O–H groups in total. The molecule has 1 aromatic carbocycles. The predicted octanol–water partition coefficient (Wildman–Crippen LogP) is 2.65. The molecule has 2 heterocycles. The van der Waals surface area contributed by atoms with Crippen LogP contribution in [0.2, 0.25) is 0 Å². The van der Waals surface area contributed by atoms with Gasteiger partial charge in [0, 0.05) is 30.7 Å². The van der Waals surface area contributed by atoms with Crippen LogP contribution < -0.4 is 5.32 Å². The number of benzene rings is 1. The van der Waals surface area contributed by atoms with Gasteiger partial charge >= 0.3 is 0 Å². The second kappa shape index (κ2) is 6.54. The zero-order valence-corrected chi connectivity index (χ0v) is 13.8. The molecule has 0 bridgehead atoms. The first-order valence-corrected chi connectivity index (χ1v) is 8.75. The fourth-order valence-corrected chi connectivity index (χ4v) is 3.89. The Kier molecular flexibility index (Phi) is 4.46. The quantitative estimate of drug-likeness (QED) is 0.772. The third-order valence-electron chi connectivity index (χ3n) is 3.62. The summed E-state index contributed by atoms with van der Waals surface area (Å²) in [7, 11) is -2.12. The van der Waals surface area contributed by atoms with Crippen molar-refractivity contribution in [3.05, 3.63) is 72.4 Å². The average Bonchev–Trinajstić information content (AvgIpc) is 3.01. The molecular weight excluding hydrogens is 329 g/mol. The largest absolute Gasteiger partial charge is 0.316 e. The number of halogens is 1. The van der Waals surface area contributed by atoms with Crippen molar-refractivity contribution >= 4 is 10.0 Å². The maximum absolute atomic E-state index is 14.3. The van der Waals surface area contributed by atoms with Crippen LogP contribution in [0.25, 0.3) is 11.3 Å². The summed E-state index contributed by atoms with van der Waals surface area (Å²) in [5.74, 6) is -0.476. The van der Waals surface area contributed by atoms with Gasteiger partial charge < -0.3 is 5.32 Å². The van der Waals surface area contributed by atoms with Gasteiger partial charge in [-0.15, -0.1) is 0 Å². The molecule has 2 aromatic heterocycles. The van der Waals surface area contributed by atoms with E-state index in [4.69, 9.17) is 0 Å². The molecule has 0 spiro atoms. The Balaban J connectivity index is 2.26. The van der Waals surface area contributed by atoms with Gasteiger partial charge in [-0.1, -0.05) is 12.1 Å². The molecule has 0 saturated carbocycles. The highest BCUT2D eigenvalue weighted by Gasteiger charge is 2.24. The summed E-state index contributed by atoms with van der Waals surface area (Å²) in [4.78, 5) is 3.91. The molecule has 0 aliphatic heterocycles. The van der Waals surface area contributed by atoms with Crippen molar-refractivity contribution in [2.75, 3.05) is 7.05 Å². The summed E-state index contributed by atoms with van der Waals surface area (Å²) >= 11 is 0. The van der Waals surface area contributed by atoms with Crippen molar-refractivity contribution in [3.8, 4) is 11.3 Å². The molecule has 0 aliphatic rings. The molecule has 0 amide bonds. The number of hydrogen-bond acceptors (Lipinski definition) is 4. The Hall–Kier alpha value is -2.51. The number of hydrogen-bond donors (Lipinski definition) is 1. The van der Waals surface area contributed by atoms with Gasteiger partial charge in [-0.05, 0) is 42.9 Å². The zero-order valence-electron chi connectivity index (χ0n) is 13.0. The average molecular weight is 345 g/mol. The van der Waals surface area contributed by atoms with E-state index in [0.29, 0.717) is 17.8 Å². The van der Waals surface area contributed by atoms with E-state index in [-0.39, 0.29) is 10.5 Å². The molecule has 5 nitrogen and oxygen atoms in total. The van der Waals surface area contributed by atoms with Crippen LogP contribution in [0.1, 0.15) is 5.56 Å². The van der Waals surface area contributed by atoms with Crippen LogP contribution in [0.3, 0.4) is 0 Å². The summed E-state index contributed by atoms with van der Waals surface area (Å²) < 4.78 is 41.3. The minimum atomic E-state index is -3.87. The number of nitrogens with zero attached hydrogens (tertiary/aromatic N) is 2. The summed E-state index contributed by atoms with van der Waals surface area (Å²) in [6.07, 6.45) is 4.22. The number of rotatable bonds is 5. The van der Waals surface area contributed by atoms with Crippen molar-refractivity contribution in [3.63, 3.8) is 0 Å². The Morgan fingerprint density at radius 2 is 1.96 bits per heavy atom. The Labute approximate surface area is 139 Å². The molecule has 3 rings (SSSR count). The van der Waals surface area contributed by atoms with Gasteiger partial charge in [-0.25, -0.2) is 16.8 Å². The number of aromatic nitrogens is 2. The topological polar surface area (TPSA) is 64.0 Å². The van der Waals surface area contributed by atoms with Crippen LogP contribution in [-0.4, -0.2) is 24.4 Å². The lowest BCUT2D eigenvalue weighted by molar-refractivity contribution is 0.587. The van der Waals surface area contributed by atoms with Crippen LogP contribution in [0.4, 0.5) is 4.39 Å².